The van der Waals surface area contributed by atoms with E-state index in [1.165, 1.54) is 94.6 Å². The first-order valence-corrected chi connectivity index (χ1v) is 9.45. The molecule has 0 aromatic carbocycles. The Labute approximate surface area is 136 Å². The van der Waals surface area contributed by atoms with Crippen molar-refractivity contribution in [3.63, 3.8) is 0 Å². The van der Waals surface area contributed by atoms with Gasteiger partial charge in [-0.2, -0.15) is 0 Å². The van der Waals surface area contributed by atoms with Gasteiger partial charge >= 0.3 is 0 Å². The Balaban J connectivity index is 0. The molecule has 0 aliphatic heterocycles. The maximum absolute atomic E-state index is 4.06. The van der Waals surface area contributed by atoms with E-state index in [1.54, 1.807) is 0 Å². The molecule has 0 rings (SSSR count). The van der Waals surface area contributed by atoms with E-state index in [9.17, 15) is 0 Å². The lowest BCUT2D eigenvalue weighted by Gasteiger charge is -2.02. The molecule has 0 heterocycles. The molecule has 0 N–H and O–H groups in total. The first kappa shape index (κ1) is 22.8. The number of hydrogen-bond donors (Lipinski definition) is 0. The van der Waals surface area contributed by atoms with Crippen LogP contribution in [-0.2, 0) is 0 Å². The maximum atomic E-state index is 4.06. The zero-order valence-corrected chi connectivity index (χ0v) is 15.6. The lowest BCUT2D eigenvalue weighted by molar-refractivity contribution is 0.680. The van der Waals surface area contributed by atoms with Gasteiger partial charge in [0.25, 0.3) is 0 Å². The normalized spacial score (nSPS) is 9.90. The van der Waals surface area contributed by atoms with Gasteiger partial charge in [0, 0.05) is 0 Å². The smallest absolute Gasteiger partial charge is 0.0323 e. The van der Waals surface area contributed by atoms with E-state index >= 15 is 0 Å². The van der Waals surface area contributed by atoms with Gasteiger partial charge in [-0.05, 0) is 51.4 Å². The van der Waals surface area contributed by atoms with Crippen LogP contribution in [0.3, 0.4) is 0 Å². The second kappa shape index (κ2) is 19.5. The molecule has 0 heteroatoms. The van der Waals surface area contributed by atoms with Gasteiger partial charge in [0.15, 0.2) is 0 Å². The van der Waals surface area contributed by atoms with Gasteiger partial charge in [-0.1, -0.05) is 84.1 Å². The van der Waals surface area contributed by atoms with E-state index in [-0.39, 0.29) is 0 Å². The number of allylic oxidation sites excluding steroid dienone is 2. The zero-order chi connectivity index (χ0) is 16.3. The average molecular weight is 295 g/mol. The Morgan fingerprint density at radius 2 is 0.762 bits per heavy atom. The van der Waals surface area contributed by atoms with Gasteiger partial charge in [-0.15, -0.1) is 0 Å². The lowest BCUT2D eigenvalue weighted by Crippen LogP contribution is -1.82. The highest BCUT2D eigenvalue weighted by Crippen LogP contribution is 2.13. The summed E-state index contributed by atoms with van der Waals surface area (Å²) in [5, 5.41) is 0. The van der Waals surface area contributed by atoms with Crippen LogP contribution in [0.15, 0.2) is 24.3 Å². The molecule has 0 aliphatic carbocycles. The first-order chi connectivity index (χ1) is 10.1. The highest BCUT2D eigenvalue weighted by Gasteiger charge is 1.93. The minimum Gasteiger partial charge on any atom is -0.0999 e. The molecular formula is C21H42. The molecular weight excluding hydrogens is 252 g/mol. The van der Waals surface area contributed by atoms with E-state index in [0.717, 1.165) is 0 Å². The fourth-order valence-electron chi connectivity index (χ4n) is 2.16. The molecule has 0 atom stereocenters. The van der Waals surface area contributed by atoms with Crippen molar-refractivity contribution in [3.05, 3.63) is 24.3 Å². The minimum absolute atomic E-state index is 1.25. The van der Waals surface area contributed by atoms with Gasteiger partial charge in [-0.25, -0.2) is 0 Å². The predicted octanol–water partition coefficient (Wildman–Crippen LogP) is 8.24. The SMILES string of the molecule is C=C(CCCC)CCCC.C=C(CCCC)CCCCC. The summed E-state index contributed by atoms with van der Waals surface area (Å²) in [5.74, 6) is 0. The summed E-state index contributed by atoms with van der Waals surface area (Å²) in [6, 6.07) is 0. The van der Waals surface area contributed by atoms with Crippen LogP contribution in [0.5, 0.6) is 0 Å². The largest absolute Gasteiger partial charge is 0.0999 e. The summed E-state index contributed by atoms with van der Waals surface area (Å²) < 4.78 is 0. The molecule has 0 aromatic heterocycles. The van der Waals surface area contributed by atoms with Gasteiger partial charge in [0.2, 0.25) is 0 Å². The molecule has 0 radical (unpaired) electrons. The lowest BCUT2D eigenvalue weighted by atomic mass is 10.0. The van der Waals surface area contributed by atoms with Crippen molar-refractivity contribution in [2.45, 2.75) is 111 Å². The molecule has 0 bridgehead atoms. The average Bonchev–Trinajstić information content (AvgIpc) is 2.49. The first-order valence-electron chi connectivity index (χ1n) is 9.45. The summed E-state index contributed by atoms with van der Waals surface area (Å²) in [6.45, 7) is 17.0. The van der Waals surface area contributed by atoms with E-state index in [4.69, 9.17) is 0 Å². The van der Waals surface area contributed by atoms with Gasteiger partial charge < -0.3 is 0 Å². The topological polar surface area (TPSA) is 0 Å². The van der Waals surface area contributed by atoms with Crippen LogP contribution in [0.1, 0.15) is 111 Å². The highest BCUT2D eigenvalue weighted by atomic mass is 14.0. The van der Waals surface area contributed by atoms with Crippen LogP contribution in [0, 0.1) is 0 Å². The van der Waals surface area contributed by atoms with E-state index in [1.807, 2.05) is 0 Å². The molecule has 0 fully saturated rings. The quantitative estimate of drug-likeness (QED) is 0.237. The minimum atomic E-state index is 1.25. The third-order valence-corrected chi connectivity index (χ3v) is 3.79. The second-order valence-electron chi connectivity index (χ2n) is 6.27. The maximum Gasteiger partial charge on any atom is -0.0323 e. The Morgan fingerprint density at radius 3 is 1.05 bits per heavy atom. The Morgan fingerprint density at radius 1 is 0.476 bits per heavy atom. The molecule has 0 spiro atoms. The zero-order valence-electron chi connectivity index (χ0n) is 15.6. The third kappa shape index (κ3) is 21.9. The molecule has 21 heavy (non-hydrogen) atoms. The Hall–Kier alpha value is -0.520. The molecule has 0 saturated heterocycles. The van der Waals surface area contributed by atoms with E-state index in [0.29, 0.717) is 0 Å². The monoisotopic (exact) mass is 294 g/mol. The van der Waals surface area contributed by atoms with Crippen molar-refractivity contribution in [1.82, 2.24) is 0 Å². The summed E-state index contributed by atoms with van der Waals surface area (Å²) in [4.78, 5) is 0. The number of hydrogen-bond acceptors (Lipinski definition) is 0. The predicted molar refractivity (Wildman–Crippen MR) is 101 cm³/mol. The number of rotatable bonds is 13. The molecule has 0 unspecified atom stereocenters. The third-order valence-electron chi connectivity index (χ3n) is 3.79. The highest BCUT2D eigenvalue weighted by molar-refractivity contribution is 4.93. The van der Waals surface area contributed by atoms with Crippen molar-refractivity contribution in [3.8, 4) is 0 Å². The second-order valence-corrected chi connectivity index (χ2v) is 6.27. The summed E-state index contributed by atoms with van der Waals surface area (Å²) in [5.41, 5.74) is 2.91. The van der Waals surface area contributed by atoms with Crippen LogP contribution in [0.2, 0.25) is 0 Å². The summed E-state index contributed by atoms with van der Waals surface area (Å²) in [6.07, 6.45) is 16.9. The van der Waals surface area contributed by atoms with Crippen molar-refractivity contribution in [2.75, 3.05) is 0 Å². The Kier molecular flexibility index (Phi) is 21.1. The van der Waals surface area contributed by atoms with Crippen LogP contribution in [0.4, 0.5) is 0 Å². The van der Waals surface area contributed by atoms with Crippen molar-refractivity contribution < 1.29 is 0 Å². The number of unbranched alkanes of at least 4 members (excludes halogenated alkanes) is 5. The fraction of sp³-hybridized carbons (Fsp3) is 0.810. The van der Waals surface area contributed by atoms with Gasteiger partial charge in [0.1, 0.15) is 0 Å². The van der Waals surface area contributed by atoms with Crippen molar-refractivity contribution in [1.29, 1.82) is 0 Å². The van der Waals surface area contributed by atoms with Crippen LogP contribution >= 0.6 is 0 Å². The van der Waals surface area contributed by atoms with Crippen LogP contribution in [0.25, 0.3) is 0 Å². The van der Waals surface area contributed by atoms with Crippen LogP contribution in [-0.4, -0.2) is 0 Å². The van der Waals surface area contributed by atoms with Crippen molar-refractivity contribution in [2.24, 2.45) is 0 Å². The van der Waals surface area contributed by atoms with E-state index < -0.39 is 0 Å². The van der Waals surface area contributed by atoms with E-state index in [2.05, 4.69) is 40.9 Å². The summed E-state index contributed by atoms with van der Waals surface area (Å²) in [7, 11) is 0. The molecule has 0 nitrogen and oxygen atoms in total. The van der Waals surface area contributed by atoms with Gasteiger partial charge in [0.05, 0.1) is 0 Å². The van der Waals surface area contributed by atoms with Crippen LogP contribution < -0.4 is 0 Å². The fourth-order valence-corrected chi connectivity index (χ4v) is 2.16. The standard InChI is InChI=1S/C11H22.C10H20/c1-4-6-8-10-11(3)9-7-5-2;1-4-6-8-10(3)9-7-5-2/h3-10H2,1-2H3;3-9H2,1-2H3. The summed E-state index contributed by atoms with van der Waals surface area (Å²) >= 11 is 0. The molecule has 126 valence electrons. The van der Waals surface area contributed by atoms with Gasteiger partial charge in [-0.3, -0.25) is 0 Å². The molecule has 0 aromatic rings. The molecule has 0 saturated carbocycles. The van der Waals surface area contributed by atoms with Crippen molar-refractivity contribution >= 4 is 0 Å². The Bertz CT molecular complexity index is 214. The molecule has 0 amide bonds. The molecule has 0 aliphatic rings.